The minimum absolute atomic E-state index is 0.0651. The van der Waals surface area contributed by atoms with Gasteiger partial charge in [0.2, 0.25) is 5.91 Å². The molecule has 0 saturated heterocycles. The lowest BCUT2D eigenvalue weighted by Crippen LogP contribution is -2.27. The Morgan fingerprint density at radius 2 is 2.25 bits per heavy atom. The summed E-state index contributed by atoms with van der Waals surface area (Å²) >= 11 is 3.05. The van der Waals surface area contributed by atoms with Crippen LogP contribution in [0.3, 0.4) is 0 Å². The number of aromatic nitrogens is 3. The van der Waals surface area contributed by atoms with Gasteiger partial charge in [-0.25, -0.2) is 0 Å². The molecule has 0 unspecified atom stereocenters. The van der Waals surface area contributed by atoms with E-state index in [1.165, 1.54) is 22.2 Å². The number of nitrogens with zero attached hydrogens (tertiary/aromatic N) is 4. The van der Waals surface area contributed by atoms with Crippen LogP contribution in [-0.4, -0.2) is 38.4 Å². The van der Waals surface area contributed by atoms with Crippen LogP contribution in [0.1, 0.15) is 10.4 Å². The second-order valence-electron chi connectivity index (χ2n) is 5.41. The van der Waals surface area contributed by atoms with Gasteiger partial charge in [0.15, 0.2) is 16.7 Å². The summed E-state index contributed by atoms with van der Waals surface area (Å²) in [6.07, 6.45) is 1.60. The lowest BCUT2D eigenvalue weighted by molar-refractivity contribution is -0.127. The highest BCUT2D eigenvalue weighted by atomic mass is 32.2. The van der Waals surface area contributed by atoms with Crippen LogP contribution in [0.15, 0.2) is 39.4 Å². The number of carbonyl (C=O) groups is 1. The molecule has 0 radical (unpaired) electrons. The van der Waals surface area contributed by atoms with Gasteiger partial charge in [0, 0.05) is 19.0 Å². The Labute approximate surface area is 148 Å². The molecule has 0 fully saturated rings. The number of amides is 1. The molecule has 0 bridgehead atoms. The Balaban J connectivity index is 1.59. The zero-order valence-corrected chi connectivity index (χ0v) is 15.4. The average molecular weight is 362 g/mol. The molecule has 0 aliphatic rings. The van der Waals surface area contributed by atoms with Gasteiger partial charge in [0.1, 0.15) is 0 Å². The summed E-state index contributed by atoms with van der Waals surface area (Å²) in [5.74, 6) is 1.70. The van der Waals surface area contributed by atoms with Crippen LogP contribution >= 0.6 is 23.1 Å². The van der Waals surface area contributed by atoms with E-state index in [9.17, 15) is 4.79 Å². The Bertz CT molecular complexity index is 823. The first-order valence-corrected chi connectivity index (χ1v) is 9.25. The molecule has 0 aromatic carbocycles. The van der Waals surface area contributed by atoms with Crippen molar-refractivity contribution in [1.82, 2.24) is 19.7 Å². The van der Waals surface area contributed by atoms with Gasteiger partial charge in [-0.3, -0.25) is 4.79 Å². The van der Waals surface area contributed by atoms with E-state index < -0.39 is 0 Å². The van der Waals surface area contributed by atoms with E-state index in [0.717, 1.165) is 0 Å². The zero-order valence-electron chi connectivity index (χ0n) is 13.7. The molecule has 6 nitrogen and oxygen atoms in total. The molecule has 3 aromatic heterocycles. The van der Waals surface area contributed by atoms with Crippen LogP contribution < -0.4 is 0 Å². The monoisotopic (exact) mass is 362 g/mol. The molecular formula is C16H18N4O2S2. The third-order valence-corrected chi connectivity index (χ3v) is 5.69. The van der Waals surface area contributed by atoms with Crippen molar-refractivity contribution in [3.63, 3.8) is 0 Å². The predicted molar refractivity (Wildman–Crippen MR) is 95.0 cm³/mol. The Kier molecular flexibility index (Phi) is 5.06. The van der Waals surface area contributed by atoms with Gasteiger partial charge >= 0.3 is 0 Å². The predicted octanol–water partition coefficient (Wildman–Crippen LogP) is 3.20. The number of furan rings is 1. The number of thioether (sulfide) groups is 1. The van der Waals surface area contributed by atoms with Crippen molar-refractivity contribution < 1.29 is 9.21 Å². The molecule has 0 aliphatic heterocycles. The number of rotatable bonds is 6. The molecule has 3 aromatic rings. The van der Waals surface area contributed by atoms with E-state index >= 15 is 0 Å². The van der Waals surface area contributed by atoms with Gasteiger partial charge in [-0.2, -0.15) is 0 Å². The molecule has 126 valence electrons. The maximum Gasteiger partial charge on any atom is 0.233 e. The van der Waals surface area contributed by atoms with Crippen molar-refractivity contribution in [2.45, 2.75) is 18.6 Å². The topological polar surface area (TPSA) is 64.2 Å². The molecular weight excluding hydrogens is 344 g/mol. The van der Waals surface area contributed by atoms with Crippen LogP contribution in [0.5, 0.6) is 0 Å². The number of hydrogen-bond donors (Lipinski definition) is 0. The van der Waals surface area contributed by atoms with Gasteiger partial charge in [0.25, 0.3) is 0 Å². The van der Waals surface area contributed by atoms with Gasteiger partial charge in [-0.15, -0.1) is 21.5 Å². The molecule has 0 atom stereocenters. The number of carbonyl (C=O) groups excluding carboxylic acids is 1. The molecule has 0 N–H and O–H groups in total. The zero-order chi connectivity index (χ0) is 17.1. The SMILES string of the molecule is Cc1ccsc1CN(C)C(=O)CSc1nnc(-c2ccco2)n1C. The summed E-state index contributed by atoms with van der Waals surface area (Å²) in [4.78, 5) is 15.3. The third-order valence-electron chi connectivity index (χ3n) is 3.68. The first-order valence-electron chi connectivity index (χ1n) is 7.39. The van der Waals surface area contributed by atoms with Crippen molar-refractivity contribution in [3.05, 3.63) is 40.3 Å². The summed E-state index contributed by atoms with van der Waals surface area (Å²) in [7, 11) is 3.69. The van der Waals surface area contributed by atoms with E-state index in [1.807, 2.05) is 36.2 Å². The largest absolute Gasteiger partial charge is 0.461 e. The van der Waals surface area contributed by atoms with E-state index in [2.05, 4.69) is 23.2 Å². The Hall–Kier alpha value is -2.06. The van der Waals surface area contributed by atoms with Crippen LogP contribution in [0.4, 0.5) is 0 Å². The summed E-state index contributed by atoms with van der Waals surface area (Å²) < 4.78 is 7.17. The van der Waals surface area contributed by atoms with E-state index in [4.69, 9.17) is 4.42 Å². The highest BCUT2D eigenvalue weighted by Gasteiger charge is 2.16. The number of hydrogen-bond acceptors (Lipinski definition) is 6. The van der Waals surface area contributed by atoms with Gasteiger partial charge in [0.05, 0.1) is 18.6 Å². The molecule has 1 amide bonds. The first kappa shape index (κ1) is 16.8. The average Bonchev–Trinajstić information content (AvgIpc) is 3.28. The summed E-state index contributed by atoms with van der Waals surface area (Å²) in [6.45, 7) is 2.70. The number of aryl methyl sites for hydroxylation is 1. The highest BCUT2D eigenvalue weighted by Crippen LogP contribution is 2.23. The van der Waals surface area contributed by atoms with E-state index in [0.29, 0.717) is 29.0 Å². The molecule has 3 heterocycles. The Morgan fingerprint density at radius 1 is 1.42 bits per heavy atom. The molecule has 0 saturated carbocycles. The van der Waals surface area contributed by atoms with Crippen molar-refractivity contribution >= 4 is 29.0 Å². The maximum atomic E-state index is 12.3. The first-order chi connectivity index (χ1) is 11.6. The highest BCUT2D eigenvalue weighted by molar-refractivity contribution is 7.99. The third kappa shape index (κ3) is 3.54. The van der Waals surface area contributed by atoms with Crippen LogP contribution in [0.2, 0.25) is 0 Å². The molecule has 3 rings (SSSR count). The molecule has 8 heteroatoms. The van der Waals surface area contributed by atoms with Crippen LogP contribution in [0.25, 0.3) is 11.6 Å². The number of thiophene rings is 1. The van der Waals surface area contributed by atoms with Gasteiger partial charge in [-0.1, -0.05) is 11.8 Å². The maximum absolute atomic E-state index is 12.3. The minimum atomic E-state index is 0.0651. The fourth-order valence-electron chi connectivity index (χ4n) is 2.17. The van der Waals surface area contributed by atoms with Crippen molar-refractivity contribution in [2.24, 2.45) is 7.05 Å². The lowest BCUT2D eigenvalue weighted by atomic mass is 10.3. The van der Waals surface area contributed by atoms with Crippen molar-refractivity contribution in [2.75, 3.05) is 12.8 Å². The fourth-order valence-corrected chi connectivity index (χ4v) is 3.98. The molecule has 0 spiro atoms. The normalized spacial score (nSPS) is 11.0. The fraction of sp³-hybridized carbons (Fsp3) is 0.312. The van der Waals surface area contributed by atoms with E-state index in [-0.39, 0.29) is 5.91 Å². The quantitative estimate of drug-likeness (QED) is 0.630. The lowest BCUT2D eigenvalue weighted by Gasteiger charge is -2.16. The van der Waals surface area contributed by atoms with Crippen molar-refractivity contribution in [3.8, 4) is 11.6 Å². The Morgan fingerprint density at radius 3 is 2.92 bits per heavy atom. The van der Waals surface area contributed by atoms with Crippen molar-refractivity contribution in [1.29, 1.82) is 0 Å². The van der Waals surface area contributed by atoms with Gasteiger partial charge in [-0.05, 0) is 36.1 Å². The van der Waals surface area contributed by atoms with Crippen LogP contribution in [-0.2, 0) is 18.4 Å². The summed E-state index contributed by atoms with van der Waals surface area (Å²) in [5, 5.41) is 11.0. The van der Waals surface area contributed by atoms with Gasteiger partial charge < -0.3 is 13.9 Å². The second kappa shape index (κ2) is 7.23. The molecule has 24 heavy (non-hydrogen) atoms. The van der Waals surface area contributed by atoms with Crippen LogP contribution in [0, 0.1) is 6.92 Å². The summed E-state index contributed by atoms with van der Waals surface area (Å²) in [6, 6.07) is 5.71. The second-order valence-corrected chi connectivity index (χ2v) is 7.35. The minimum Gasteiger partial charge on any atom is -0.461 e. The van der Waals surface area contributed by atoms with E-state index in [1.54, 1.807) is 22.5 Å². The standard InChI is InChI=1S/C16H18N4O2S2/c1-11-6-8-23-13(11)9-19(2)14(21)10-24-16-18-17-15(20(16)3)12-5-4-7-22-12/h4-8H,9-10H2,1-3H3. The summed E-state index contributed by atoms with van der Waals surface area (Å²) in [5.41, 5.74) is 1.23. The smallest absolute Gasteiger partial charge is 0.233 e. The molecule has 0 aliphatic carbocycles.